The zero-order valence-corrected chi connectivity index (χ0v) is 20.9. The Morgan fingerprint density at radius 2 is 1.81 bits per heavy atom. The van der Waals surface area contributed by atoms with E-state index in [1.54, 1.807) is 30.3 Å². The molecule has 14 nitrogen and oxygen atoms in total. The largest absolute Gasteiger partial charge is 0.418 e. The fraction of sp³-hybridized carbons (Fsp3) is 0.429. The Labute approximate surface area is 208 Å². The number of aromatic nitrogens is 2. The summed E-state index contributed by atoms with van der Waals surface area (Å²) >= 11 is 0. The molecule has 36 heavy (non-hydrogen) atoms. The lowest BCUT2D eigenvalue weighted by molar-refractivity contribution is -0.122. The van der Waals surface area contributed by atoms with Gasteiger partial charge >= 0.3 is 22.5 Å². The molecule has 2 aliphatic heterocycles. The maximum Gasteiger partial charge on any atom is 0.418 e. The predicted octanol–water partition coefficient (Wildman–Crippen LogP) is 1.36. The highest BCUT2D eigenvalue weighted by atomic mass is 32.3. The van der Waals surface area contributed by atoms with Crippen LogP contribution in [-0.4, -0.2) is 81.8 Å². The van der Waals surface area contributed by atoms with Gasteiger partial charge in [0, 0.05) is 17.4 Å². The molecule has 1 fully saturated rings. The maximum atomic E-state index is 12.5. The van der Waals surface area contributed by atoms with Crippen LogP contribution >= 0.6 is 0 Å². The van der Waals surface area contributed by atoms with Crippen molar-refractivity contribution in [2.45, 2.75) is 32.9 Å². The molecule has 1 aromatic heterocycles. The molecule has 0 saturated carbocycles. The number of hydroxylamine groups is 2. The number of hydrogen-bond acceptors (Lipinski definition) is 8. The number of urea groups is 1. The number of anilines is 1. The van der Waals surface area contributed by atoms with Crippen LogP contribution in [0.5, 0.6) is 0 Å². The molecule has 2 aliphatic rings. The van der Waals surface area contributed by atoms with Gasteiger partial charge in [0.05, 0.1) is 6.54 Å². The highest BCUT2D eigenvalue weighted by Crippen LogP contribution is 2.43. The summed E-state index contributed by atoms with van der Waals surface area (Å²) in [6, 6.07) is 4.49. The number of carbonyl (C=O) groups is 3. The van der Waals surface area contributed by atoms with Gasteiger partial charge in [-0.2, -0.15) is 23.3 Å². The van der Waals surface area contributed by atoms with Crippen LogP contribution in [-0.2, 0) is 19.5 Å². The van der Waals surface area contributed by atoms with E-state index in [0.717, 1.165) is 9.58 Å². The molecule has 196 valence electrons. The molecule has 2 bridgehead atoms. The number of hydrogen-bond donors (Lipinski definition) is 3. The number of nitrogens with zero attached hydrogens (tertiary/aromatic N) is 5. The van der Waals surface area contributed by atoms with E-state index in [9.17, 15) is 22.8 Å². The predicted molar refractivity (Wildman–Crippen MR) is 128 cm³/mol. The molecule has 2 atom stereocenters. The molecule has 4 N–H and O–H groups in total. The Morgan fingerprint density at radius 3 is 2.31 bits per heavy atom. The van der Waals surface area contributed by atoms with Crippen molar-refractivity contribution in [3.05, 3.63) is 47.8 Å². The molecule has 4 amide bonds. The third-order valence-electron chi connectivity index (χ3n) is 5.81. The number of carbonyl (C=O) groups excluding carboxylic acids is 3. The lowest BCUT2D eigenvalue weighted by Crippen LogP contribution is -2.41. The maximum absolute atomic E-state index is 12.5. The molecule has 0 radical (unpaired) electrons. The Hall–Kier alpha value is -3.53. The van der Waals surface area contributed by atoms with Crippen LogP contribution in [0.2, 0.25) is 0 Å². The van der Waals surface area contributed by atoms with Gasteiger partial charge in [-0.1, -0.05) is 39.0 Å². The number of primary amides is 1. The minimum atomic E-state index is -5.01. The fourth-order valence-corrected chi connectivity index (χ4v) is 4.38. The average Bonchev–Trinajstić information content (AvgIpc) is 3.38. The molecule has 15 heteroatoms. The van der Waals surface area contributed by atoms with Crippen LogP contribution in [0.1, 0.15) is 44.1 Å². The number of amides is 4. The van der Waals surface area contributed by atoms with Gasteiger partial charge in [-0.05, 0) is 31.8 Å². The first-order valence-electron chi connectivity index (χ1n) is 11.2. The third kappa shape index (κ3) is 5.81. The van der Waals surface area contributed by atoms with Gasteiger partial charge in [0.2, 0.25) is 5.91 Å². The SMILES string of the molecule is CCN(CC)CC.NC(=O)C1c2nn(C(=O)Nc3ccccc3)cc2C2CN1C(=O)N2OS(=O)(=O)O. The highest BCUT2D eigenvalue weighted by Gasteiger charge is 2.53. The highest BCUT2D eigenvalue weighted by molar-refractivity contribution is 7.80. The van der Waals surface area contributed by atoms with E-state index < -0.39 is 40.5 Å². The molecule has 1 aromatic carbocycles. The van der Waals surface area contributed by atoms with Crippen molar-refractivity contribution < 1.29 is 31.6 Å². The monoisotopic (exact) mass is 523 g/mol. The van der Waals surface area contributed by atoms with Crippen LogP contribution in [0.15, 0.2) is 36.5 Å². The van der Waals surface area contributed by atoms with E-state index in [1.165, 1.54) is 25.8 Å². The number of rotatable bonds is 7. The molecular weight excluding hydrogens is 494 g/mol. The molecule has 0 spiro atoms. The van der Waals surface area contributed by atoms with Crippen molar-refractivity contribution in [1.29, 1.82) is 0 Å². The summed E-state index contributed by atoms with van der Waals surface area (Å²) in [6.45, 7) is 9.97. The van der Waals surface area contributed by atoms with E-state index in [4.69, 9.17) is 10.3 Å². The summed E-state index contributed by atoms with van der Waals surface area (Å²) in [5.41, 5.74) is 6.08. The summed E-state index contributed by atoms with van der Waals surface area (Å²) in [4.78, 5) is 40.2. The Morgan fingerprint density at radius 1 is 1.19 bits per heavy atom. The lowest BCUT2D eigenvalue weighted by atomic mass is 9.98. The van der Waals surface area contributed by atoms with Crippen molar-refractivity contribution in [2.24, 2.45) is 5.73 Å². The quantitative estimate of drug-likeness (QED) is 0.452. The zero-order chi connectivity index (χ0) is 26.6. The summed E-state index contributed by atoms with van der Waals surface area (Å²) in [5.74, 6) is -0.930. The van der Waals surface area contributed by atoms with Gasteiger partial charge in [-0.15, -0.1) is 4.28 Å². The zero-order valence-electron chi connectivity index (χ0n) is 20.1. The Bertz CT molecular complexity index is 1210. The van der Waals surface area contributed by atoms with Crippen LogP contribution < -0.4 is 11.1 Å². The summed E-state index contributed by atoms with van der Waals surface area (Å²) in [5, 5.41) is 7.07. The first kappa shape index (κ1) is 27.1. The first-order valence-corrected chi connectivity index (χ1v) is 12.6. The second kappa shape index (κ2) is 11.0. The van der Waals surface area contributed by atoms with Crippen LogP contribution in [0.25, 0.3) is 0 Å². The molecule has 2 unspecified atom stereocenters. The Balaban J connectivity index is 0.000000454. The number of fused-ring (bicyclic) bond motifs is 4. The standard InChI is InChI=1S/C15H14N6O7S.C6H15N/c16-13(22)12-11-9(10-7-19(12)15(24)21(10)28-29(25,26)27)6-20(18-11)14(23)17-8-4-2-1-3-5-8;1-4-7(5-2)6-3/h1-6,10,12H,7H2,(H2,16,22)(H,17,23)(H,25,26,27);4-6H2,1-3H3. The van der Waals surface area contributed by atoms with Crippen LogP contribution in [0.4, 0.5) is 15.3 Å². The van der Waals surface area contributed by atoms with E-state index in [-0.39, 0.29) is 17.8 Å². The van der Waals surface area contributed by atoms with Crippen LogP contribution in [0.3, 0.4) is 0 Å². The van der Waals surface area contributed by atoms with Crippen molar-refractivity contribution >= 4 is 34.1 Å². The van der Waals surface area contributed by atoms with Crippen molar-refractivity contribution in [3.8, 4) is 0 Å². The van der Waals surface area contributed by atoms with Crippen molar-refractivity contribution in [1.82, 2.24) is 24.6 Å². The topological polar surface area (TPSA) is 180 Å². The summed E-state index contributed by atoms with van der Waals surface area (Å²) in [7, 11) is -5.01. The summed E-state index contributed by atoms with van der Waals surface area (Å²) in [6.07, 6.45) is 1.24. The van der Waals surface area contributed by atoms with Gasteiger partial charge in [0.1, 0.15) is 11.7 Å². The molecule has 3 heterocycles. The summed E-state index contributed by atoms with van der Waals surface area (Å²) < 4.78 is 36.4. The normalized spacial score (nSPS) is 18.5. The fourth-order valence-electron chi connectivity index (χ4n) is 4.01. The average molecular weight is 524 g/mol. The van der Waals surface area contributed by atoms with Gasteiger partial charge in [-0.3, -0.25) is 9.35 Å². The van der Waals surface area contributed by atoms with E-state index in [1.807, 2.05) is 0 Å². The number of nitrogens with two attached hydrogens (primary N) is 1. The second-order valence-electron chi connectivity index (χ2n) is 7.91. The van der Waals surface area contributed by atoms with Crippen LogP contribution in [0, 0.1) is 0 Å². The minimum absolute atomic E-state index is 0.00625. The first-order chi connectivity index (χ1) is 17.0. The van der Waals surface area contributed by atoms with Gasteiger partial charge in [0.25, 0.3) is 0 Å². The number of nitrogens with one attached hydrogen (secondary N) is 1. The molecular formula is C21H29N7O7S. The lowest BCUT2D eigenvalue weighted by Gasteiger charge is -2.26. The van der Waals surface area contributed by atoms with E-state index in [2.05, 4.69) is 40.4 Å². The number of para-hydroxylation sites is 1. The van der Waals surface area contributed by atoms with Crippen molar-refractivity contribution in [3.63, 3.8) is 0 Å². The van der Waals surface area contributed by atoms with Crippen molar-refractivity contribution in [2.75, 3.05) is 31.5 Å². The smallest absolute Gasteiger partial charge is 0.368 e. The van der Waals surface area contributed by atoms with E-state index in [0.29, 0.717) is 10.8 Å². The molecule has 4 rings (SSSR count). The number of benzene rings is 1. The third-order valence-corrected chi connectivity index (χ3v) is 6.16. The Kier molecular flexibility index (Phi) is 8.29. The second-order valence-corrected chi connectivity index (χ2v) is 8.92. The molecule has 0 aliphatic carbocycles. The van der Waals surface area contributed by atoms with Gasteiger partial charge < -0.3 is 20.9 Å². The van der Waals surface area contributed by atoms with E-state index >= 15 is 0 Å². The minimum Gasteiger partial charge on any atom is -0.368 e. The molecule has 2 aromatic rings. The van der Waals surface area contributed by atoms with Gasteiger partial charge in [0.15, 0.2) is 6.04 Å². The van der Waals surface area contributed by atoms with Gasteiger partial charge in [-0.25, -0.2) is 9.59 Å². The molecule has 1 saturated heterocycles.